The van der Waals surface area contributed by atoms with Crippen LogP contribution in [0.2, 0.25) is 0 Å². The largest absolute Gasteiger partial charge is 0.481 e. The predicted octanol–water partition coefficient (Wildman–Crippen LogP) is 1.79. The maximum Gasteiger partial charge on any atom is 0.337 e. The highest BCUT2D eigenvalue weighted by Crippen LogP contribution is 2.21. The number of rotatable bonds is 5. The maximum atomic E-state index is 12.0. The van der Waals surface area contributed by atoms with Crippen LogP contribution < -0.4 is 15.8 Å². The summed E-state index contributed by atoms with van der Waals surface area (Å²) in [7, 11) is 0. The number of ether oxygens (including phenoxy) is 1. The first-order valence-electron chi connectivity index (χ1n) is 7.07. The van der Waals surface area contributed by atoms with Crippen LogP contribution in [0.25, 0.3) is 0 Å². The number of anilines is 1. The van der Waals surface area contributed by atoms with Gasteiger partial charge in [0.15, 0.2) is 6.10 Å². The van der Waals surface area contributed by atoms with Crippen LogP contribution in [-0.4, -0.2) is 29.1 Å². The van der Waals surface area contributed by atoms with E-state index in [1.165, 1.54) is 12.1 Å². The molecule has 1 aromatic carbocycles. The first kappa shape index (κ1) is 15.2. The van der Waals surface area contributed by atoms with Gasteiger partial charge in [-0.05, 0) is 38.0 Å². The Morgan fingerprint density at radius 1 is 1.38 bits per heavy atom. The molecule has 0 radical (unpaired) electrons. The number of nitrogens with two attached hydrogens (primary N) is 1. The number of carbonyl (C=O) groups excluding carboxylic acids is 1. The van der Waals surface area contributed by atoms with Gasteiger partial charge in [0.2, 0.25) is 0 Å². The number of nitrogen functional groups attached to an aromatic ring is 1. The van der Waals surface area contributed by atoms with Crippen molar-refractivity contribution in [3.05, 3.63) is 23.8 Å². The molecule has 1 amide bonds. The van der Waals surface area contributed by atoms with E-state index in [1.807, 2.05) is 0 Å². The lowest BCUT2D eigenvalue weighted by molar-refractivity contribution is -0.127. The molecule has 2 rings (SSSR count). The number of carbonyl (C=O) groups is 2. The normalized spacial score (nSPS) is 16.4. The van der Waals surface area contributed by atoms with Crippen LogP contribution in [0.15, 0.2) is 18.2 Å². The molecule has 1 aliphatic rings. The molecule has 21 heavy (non-hydrogen) atoms. The van der Waals surface area contributed by atoms with Crippen molar-refractivity contribution in [2.45, 2.75) is 44.8 Å². The van der Waals surface area contributed by atoms with Crippen molar-refractivity contribution in [2.24, 2.45) is 0 Å². The van der Waals surface area contributed by atoms with E-state index in [0.29, 0.717) is 5.75 Å². The Labute approximate surface area is 123 Å². The molecule has 0 aliphatic heterocycles. The van der Waals surface area contributed by atoms with E-state index in [9.17, 15) is 9.59 Å². The Hall–Kier alpha value is -2.24. The molecule has 4 N–H and O–H groups in total. The lowest BCUT2D eigenvalue weighted by Gasteiger charge is -2.18. The average molecular weight is 292 g/mol. The van der Waals surface area contributed by atoms with Crippen molar-refractivity contribution in [3.8, 4) is 5.75 Å². The first-order chi connectivity index (χ1) is 9.97. The highest BCUT2D eigenvalue weighted by molar-refractivity contribution is 5.94. The number of carboxylic acids is 1. The lowest BCUT2D eigenvalue weighted by Crippen LogP contribution is -2.41. The van der Waals surface area contributed by atoms with Gasteiger partial charge in [0.25, 0.3) is 5.91 Å². The third kappa shape index (κ3) is 3.87. The molecule has 0 heterocycles. The second kappa shape index (κ2) is 6.47. The van der Waals surface area contributed by atoms with Crippen molar-refractivity contribution in [1.29, 1.82) is 0 Å². The SMILES string of the molecule is CC(Oc1ccc(N)c(C(=O)O)c1)C(=O)NC1CCCC1. The molecule has 1 aliphatic carbocycles. The van der Waals surface area contributed by atoms with E-state index in [4.69, 9.17) is 15.6 Å². The van der Waals surface area contributed by atoms with Crippen LogP contribution >= 0.6 is 0 Å². The zero-order valence-electron chi connectivity index (χ0n) is 12.0. The third-order valence-corrected chi connectivity index (χ3v) is 3.64. The van der Waals surface area contributed by atoms with E-state index >= 15 is 0 Å². The summed E-state index contributed by atoms with van der Waals surface area (Å²) in [6, 6.07) is 4.57. The van der Waals surface area contributed by atoms with Gasteiger partial charge in [-0.1, -0.05) is 12.8 Å². The van der Waals surface area contributed by atoms with Crippen LogP contribution in [0.3, 0.4) is 0 Å². The van der Waals surface area contributed by atoms with Gasteiger partial charge in [-0.2, -0.15) is 0 Å². The molecule has 1 unspecified atom stereocenters. The van der Waals surface area contributed by atoms with Gasteiger partial charge in [-0.3, -0.25) is 4.79 Å². The molecule has 114 valence electrons. The summed E-state index contributed by atoms with van der Waals surface area (Å²) >= 11 is 0. The van der Waals surface area contributed by atoms with Gasteiger partial charge in [0, 0.05) is 11.7 Å². The van der Waals surface area contributed by atoms with Crippen LogP contribution in [0.1, 0.15) is 43.0 Å². The smallest absolute Gasteiger partial charge is 0.337 e. The fourth-order valence-electron chi connectivity index (χ4n) is 2.44. The standard InChI is InChI=1S/C15H20N2O4/c1-9(14(18)17-10-4-2-3-5-10)21-11-6-7-13(16)12(8-11)15(19)20/h6-10H,2-5,16H2,1H3,(H,17,18)(H,19,20). The molecule has 1 atom stereocenters. The second-order valence-electron chi connectivity index (χ2n) is 5.30. The van der Waals surface area contributed by atoms with Crippen molar-refractivity contribution in [1.82, 2.24) is 5.32 Å². The van der Waals surface area contributed by atoms with Crippen molar-refractivity contribution in [2.75, 3.05) is 5.73 Å². The predicted molar refractivity (Wildman–Crippen MR) is 78.3 cm³/mol. The summed E-state index contributed by atoms with van der Waals surface area (Å²) < 4.78 is 5.50. The minimum Gasteiger partial charge on any atom is -0.481 e. The summed E-state index contributed by atoms with van der Waals surface area (Å²) in [6.07, 6.45) is 3.60. The van der Waals surface area contributed by atoms with Gasteiger partial charge in [0.1, 0.15) is 5.75 Å². The first-order valence-corrected chi connectivity index (χ1v) is 7.07. The van der Waals surface area contributed by atoms with Crippen molar-refractivity contribution in [3.63, 3.8) is 0 Å². The summed E-state index contributed by atoms with van der Waals surface area (Å²) in [5.41, 5.74) is 5.71. The lowest BCUT2D eigenvalue weighted by atomic mass is 10.1. The highest BCUT2D eigenvalue weighted by Gasteiger charge is 2.22. The minimum atomic E-state index is -1.12. The van der Waals surface area contributed by atoms with Crippen molar-refractivity contribution >= 4 is 17.6 Å². The third-order valence-electron chi connectivity index (χ3n) is 3.64. The van der Waals surface area contributed by atoms with Crippen LogP contribution in [0.4, 0.5) is 5.69 Å². The minimum absolute atomic E-state index is 0.0316. The van der Waals surface area contributed by atoms with Crippen LogP contribution in [0.5, 0.6) is 5.75 Å². The maximum absolute atomic E-state index is 12.0. The highest BCUT2D eigenvalue weighted by atomic mass is 16.5. The topological polar surface area (TPSA) is 102 Å². The molecule has 1 aromatic rings. The van der Waals surface area contributed by atoms with E-state index in [-0.39, 0.29) is 23.2 Å². The zero-order valence-corrected chi connectivity index (χ0v) is 12.0. The second-order valence-corrected chi connectivity index (χ2v) is 5.30. The number of hydrogen-bond acceptors (Lipinski definition) is 4. The Morgan fingerprint density at radius 3 is 2.67 bits per heavy atom. The van der Waals surface area contributed by atoms with Gasteiger partial charge in [0.05, 0.1) is 5.56 Å². The summed E-state index contributed by atoms with van der Waals surface area (Å²) in [5, 5.41) is 12.0. The van der Waals surface area contributed by atoms with Gasteiger partial charge < -0.3 is 20.9 Å². The number of hydrogen-bond donors (Lipinski definition) is 3. The van der Waals surface area contributed by atoms with Crippen LogP contribution in [0, 0.1) is 0 Å². The average Bonchev–Trinajstić information content (AvgIpc) is 2.93. The number of benzene rings is 1. The molecule has 0 saturated heterocycles. The van der Waals surface area contributed by atoms with Crippen LogP contribution in [-0.2, 0) is 4.79 Å². The van der Waals surface area contributed by atoms with Crippen molar-refractivity contribution < 1.29 is 19.4 Å². The van der Waals surface area contributed by atoms with E-state index in [1.54, 1.807) is 13.0 Å². The summed E-state index contributed by atoms with van der Waals surface area (Å²) in [5.74, 6) is -0.993. The number of amides is 1. The molecule has 0 bridgehead atoms. The van der Waals surface area contributed by atoms with Gasteiger partial charge >= 0.3 is 5.97 Å². The van der Waals surface area contributed by atoms with Gasteiger partial charge in [-0.25, -0.2) is 4.79 Å². The summed E-state index contributed by atoms with van der Waals surface area (Å²) in [4.78, 5) is 23.0. The fraction of sp³-hybridized carbons (Fsp3) is 0.467. The molecule has 6 nitrogen and oxygen atoms in total. The van der Waals surface area contributed by atoms with E-state index < -0.39 is 12.1 Å². The summed E-state index contributed by atoms with van der Waals surface area (Å²) in [6.45, 7) is 1.64. The Morgan fingerprint density at radius 2 is 2.05 bits per heavy atom. The zero-order chi connectivity index (χ0) is 15.4. The van der Waals surface area contributed by atoms with E-state index in [0.717, 1.165) is 25.7 Å². The molecular weight excluding hydrogens is 272 g/mol. The number of carboxylic acid groups (broad SMARTS) is 1. The molecule has 0 spiro atoms. The van der Waals surface area contributed by atoms with Gasteiger partial charge in [-0.15, -0.1) is 0 Å². The molecule has 1 fully saturated rings. The Bertz CT molecular complexity index is 538. The number of nitrogens with one attached hydrogen (secondary N) is 1. The molecule has 0 aromatic heterocycles. The Balaban J connectivity index is 1.98. The molecule has 1 saturated carbocycles. The van der Waals surface area contributed by atoms with E-state index in [2.05, 4.69) is 5.32 Å². The quantitative estimate of drug-likeness (QED) is 0.718. The fourth-order valence-corrected chi connectivity index (χ4v) is 2.44. The number of aromatic carboxylic acids is 1. The molecular formula is C15H20N2O4. The molecule has 6 heteroatoms. The Kier molecular flexibility index (Phi) is 4.67. The monoisotopic (exact) mass is 292 g/mol.